The van der Waals surface area contributed by atoms with Gasteiger partial charge in [0.05, 0.1) is 4.47 Å². The van der Waals surface area contributed by atoms with Crippen molar-refractivity contribution in [1.82, 2.24) is 9.78 Å². The first-order valence-corrected chi connectivity index (χ1v) is 9.47. The lowest BCUT2D eigenvalue weighted by Crippen LogP contribution is -2.15. The van der Waals surface area contributed by atoms with Crippen LogP contribution in [-0.4, -0.2) is 22.3 Å². The molecule has 1 heterocycles. The van der Waals surface area contributed by atoms with Crippen LogP contribution in [0.2, 0.25) is 5.02 Å². The van der Waals surface area contributed by atoms with Gasteiger partial charge in [0.25, 0.3) is 5.91 Å². The Morgan fingerprint density at radius 3 is 2.76 bits per heavy atom. The fourth-order valence-electron chi connectivity index (χ4n) is 2.42. The minimum Gasteiger partial charge on any atom is -0.470 e. The lowest BCUT2D eigenvalue weighted by molar-refractivity contribution is -0.0498. The third-order valence-electron chi connectivity index (χ3n) is 3.79. The number of aryl methyl sites for hydroxylation is 1. The van der Waals surface area contributed by atoms with E-state index in [1.54, 1.807) is 37.4 Å². The third-order valence-corrected chi connectivity index (χ3v) is 4.65. The van der Waals surface area contributed by atoms with Crippen molar-refractivity contribution in [2.45, 2.75) is 20.3 Å². The van der Waals surface area contributed by atoms with E-state index in [-0.39, 0.29) is 18.2 Å². The fourth-order valence-corrected chi connectivity index (χ4v) is 3.22. The molecule has 29 heavy (non-hydrogen) atoms. The Morgan fingerprint density at radius 2 is 2.07 bits per heavy atom. The first-order valence-electron chi connectivity index (χ1n) is 8.30. The monoisotopic (exact) mass is 485 g/mol. The Labute approximate surface area is 178 Å². The molecule has 10 heteroatoms. The van der Waals surface area contributed by atoms with Gasteiger partial charge in [-0.15, -0.1) is 0 Å². The number of rotatable bonds is 7. The number of nitrogens with zero attached hydrogens (tertiary/aromatic N) is 2. The van der Waals surface area contributed by atoms with E-state index < -0.39 is 12.5 Å². The molecular weight excluding hydrogens is 472 g/mol. The second-order valence-corrected chi connectivity index (χ2v) is 7.19. The van der Waals surface area contributed by atoms with Crippen molar-refractivity contribution in [3.63, 3.8) is 0 Å². The van der Waals surface area contributed by atoms with Crippen molar-refractivity contribution in [1.29, 1.82) is 0 Å². The largest absolute Gasteiger partial charge is 0.470 e. The van der Waals surface area contributed by atoms with Crippen LogP contribution in [0.25, 0.3) is 0 Å². The molecule has 6 nitrogen and oxygen atoms in total. The summed E-state index contributed by atoms with van der Waals surface area (Å²) in [4.78, 5) is 12.4. The zero-order chi connectivity index (χ0) is 21.0. The van der Waals surface area contributed by atoms with Crippen molar-refractivity contribution in [2.75, 3.05) is 5.32 Å². The van der Waals surface area contributed by atoms with E-state index in [0.717, 1.165) is 0 Å². The molecule has 0 aliphatic heterocycles. The Balaban J connectivity index is 1.62. The van der Waals surface area contributed by atoms with Gasteiger partial charge < -0.3 is 14.8 Å². The number of halogens is 4. The number of alkyl halides is 2. The highest BCUT2D eigenvalue weighted by molar-refractivity contribution is 9.10. The van der Waals surface area contributed by atoms with Gasteiger partial charge in [-0.1, -0.05) is 11.6 Å². The van der Waals surface area contributed by atoms with Crippen molar-refractivity contribution in [3.05, 3.63) is 69.4 Å². The summed E-state index contributed by atoms with van der Waals surface area (Å²) in [5, 5.41) is 7.43. The summed E-state index contributed by atoms with van der Waals surface area (Å²) in [6, 6.07) is 10.9. The highest BCUT2D eigenvalue weighted by atomic mass is 79.9. The van der Waals surface area contributed by atoms with Crippen LogP contribution < -0.4 is 14.8 Å². The highest BCUT2D eigenvalue weighted by Crippen LogP contribution is 2.28. The third kappa shape index (κ3) is 5.68. The van der Waals surface area contributed by atoms with E-state index in [0.29, 0.717) is 26.5 Å². The van der Waals surface area contributed by atoms with Crippen LogP contribution in [0.5, 0.6) is 11.5 Å². The number of hydrogen-bond donors (Lipinski definition) is 1. The Bertz CT molecular complexity index is 1030. The topological polar surface area (TPSA) is 65.4 Å². The van der Waals surface area contributed by atoms with Gasteiger partial charge in [-0.3, -0.25) is 4.79 Å². The molecule has 0 radical (unpaired) electrons. The first-order chi connectivity index (χ1) is 13.8. The molecule has 0 saturated carbocycles. The van der Waals surface area contributed by atoms with Gasteiger partial charge in [-0.2, -0.15) is 13.9 Å². The molecule has 0 bridgehead atoms. The van der Waals surface area contributed by atoms with E-state index in [9.17, 15) is 13.6 Å². The van der Waals surface area contributed by atoms with E-state index in [4.69, 9.17) is 16.3 Å². The summed E-state index contributed by atoms with van der Waals surface area (Å²) in [6.07, 6.45) is 1.60. The molecule has 3 rings (SSSR count). The van der Waals surface area contributed by atoms with Crippen LogP contribution in [0.4, 0.5) is 14.5 Å². The molecule has 1 aromatic heterocycles. The maximum atomic E-state index is 12.4. The number of anilines is 1. The van der Waals surface area contributed by atoms with Crippen LogP contribution in [0.3, 0.4) is 0 Å². The maximum absolute atomic E-state index is 12.4. The normalized spacial score (nSPS) is 10.8. The number of benzene rings is 2. The minimum absolute atomic E-state index is 0.0188. The second-order valence-electron chi connectivity index (χ2n) is 5.90. The van der Waals surface area contributed by atoms with Gasteiger partial charge in [0.1, 0.15) is 11.5 Å². The molecule has 0 unspecified atom stereocenters. The van der Waals surface area contributed by atoms with Crippen molar-refractivity contribution in [2.24, 2.45) is 0 Å². The fraction of sp³-hybridized carbons (Fsp3) is 0.158. The number of nitrogens with one attached hydrogen (secondary N) is 1. The molecule has 0 fully saturated rings. The lowest BCUT2D eigenvalue weighted by Gasteiger charge is -2.10. The van der Waals surface area contributed by atoms with Crippen LogP contribution in [0.1, 0.15) is 16.1 Å². The molecule has 2 aromatic carbocycles. The minimum atomic E-state index is -2.91. The average Bonchev–Trinajstić information content (AvgIpc) is 3.12. The summed E-state index contributed by atoms with van der Waals surface area (Å²) in [5.74, 6) is 0.157. The number of hydrogen-bond acceptors (Lipinski definition) is 4. The molecule has 0 spiro atoms. The molecule has 152 valence electrons. The van der Waals surface area contributed by atoms with Gasteiger partial charge in [0, 0.05) is 16.9 Å². The Hall–Kier alpha value is -2.65. The van der Waals surface area contributed by atoms with Crippen molar-refractivity contribution in [3.8, 4) is 11.5 Å². The number of amides is 1. The molecular formula is C19H15BrClF2N3O3. The lowest BCUT2D eigenvalue weighted by atomic mass is 10.2. The Morgan fingerprint density at radius 1 is 1.28 bits per heavy atom. The average molecular weight is 487 g/mol. The smallest absolute Gasteiger partial charge is 0.387 e. The first kappa shape index (κ1) is 21.1. The zero-order valence-electron chi connectivity index (χ0n) is 15.0. The summed E-state index contributed by atoms with van der Waals surface area (Å²) in [6.45, 7) is -1.15. The molecule has 0 atom stereocenters. The van der Waals surface area contributed by atoms with Crippen LogP contribution in [-0.2, 0) is 6.73 Å². The van der Waals surface area contributed by atoms with E-state index in [1.165, 1.54) is 22.9 Å². The summed E-state index contributed by atoms with van der Waals surface area (Å²) < 4.78 is 36.7. The maximum Gasteiger partial charge on any atom is 0.387 e. The molecule has 1 N–H and O–H groups in total. The van der Waals surface area contributed by atoms with Crippen LogP contribution >= 0.6 is 27.5 Å². The van der Waals surface area contributed by atoms with Gasteiger partial charge >= 0.3 is 6.61 Å². The molecule has 0 aliphatic carbocycles. The van der Waals surface area contributed by atoms with Crippen LogP contribution in [0, 0.1) is 6.92 Å². The predicted molar refractivity (Wildman–Crippen MR) is 108 cm³/mol. The van der Waals surface area contributed by atoms with Crippen molar-refractivity contribution < 1.29 is 23.0 Å². The summed E-state index contributed by atoms with van der Waals surface area (Å²) >= 11 is 9.25. The standard InChI is InChI=1S/C19H15BrClF2N3O3/c1-11-8-13(29-19(22)23)3-4-15(11)24-18(27)16-6-7-26(25-16)10-28-17-5-2-12(21)9-14(17)20/h2-9,19H,10H2,1H3,(H,24,27). The molecule has 3 aromatic rings. The SMILES string of the molecule is Cc1cc(OC(F)F)ccc1NC(=O)c1ccn(COc2ccc(Cl)cc2Br)n1. The predicted octanol–water partition coefficient (Wildman–Crippen LogP) is 5.50. The van der Waals surface area contributed by atoms with E-state index in [2.05, 4.69) is 31.1 Å². The van der Waals surface area contributed by atoms with E-state index in [1.807, 2.05) is 0 Å². The van der Waals surface area contributed by atoms with Crippen molar-refractivity contribution >= 4 is 39.1 Å². The number of carbonyl (C=O) groups is 1. The number of ether oxygens (including phenoxy) is 2. The van der Waals surface area contributed by atoms with Gasteiger partial charge in [0.2, 0.25) is 0 Å². The molecule has 0 saturated heterocycles. The number of carbonyl (C=O) groups excluding carboxylic acids is 1. The second kappa shape index (κ2) is 9.23. The van der Waals surface area contributed by atoms with Crippen LogP contribution in [0.15, 0.2) is 53.1 Å². The van der Waals surface area contributed by atoms with Gasteiger partial charge in [-0.25, -0.2) is 4.68 Å². The number of aromatic nitrogens is 2. The molecule has 1 amide bonds. The highest BCUT2D eigenvalue weighted by Gasteiger charge is 2.13. The quantitative estimate of drug-likeness (QED) is 0.479. The summed E-state index contributed by atoms with van der Waals surface area (Å²) in [5.41, 5.74) is 1.22. The molecule has 0 aliphatic rings. The summed E-state index contributed by atoms with van der Waals surface area (Å²) in [7, 11) is 0. The zero-order valence-corrected chi connectivity index (χ0v) is 17.4. The van der Waals surface area contributed by atoms with Gasteiger partial charge in [-0.05, 0) is 70.9 Å². The van der Waals surface area contributed by atoms with Gasteiger partial charge in [0.15, 0.2) is 12.4 Å². The Kier molecular flexibility index (Phi) is 6.71. The van der Waals surface area contributed by atoms with E-state index >= 15 is 0 Å².